The summed E-state index contributed by atoms with van der Waals surface area (Å²) in [4.78, 5) is 15.2. The molecule has 0 atom stereocenters. The fourth-order valence-electron chi connectivity index (χ4n) is 2.91. The van der Waals surface area contributed by atoms with Crippen molar-refractivity contribution in [3.63, 3.8) is 0 Å². The van der Waals surface area contributed by atoms with Crippen molar-refractivity contribution in [2.75, 3.05) is 0 Å². The second-order valence-electron chi connectivity index (χ2n) is 5.81. The van der Waals surface area contributed by atoms with Crippen molar-refractivity contribution in [3.05, 3.63) is 35.8 Å². The van der Waals surface area contributed by atoms with Crippen molar-refractivity contribution in [3.8, 4) is 0 Å². The van der Waals surface area contributed by atoms with Gasteiger partial charge in [-0.05, 0) is 49.8 Å². The van der Waals surface area contributed by atoms with Gasteiger partial charge in [-0.15, -0.1) is 0 Å². The van der Waals surface area contributed by atoms with Crippen molar-refractivity contribution in [2.24, 2.45) is 5.92 Å². The van der Waals surface area contributed by atoms with Crippen LogP contribution in [0.2, 0.25) is 0 Å². The standard InChI is InChI=1S/C16H19FN2O/c1-10-5-7-11(8-6-10)18-16(20)15-9-12-13(17)3-2-4-14(12)19-15/h2-4,9-11,19H,5-8H2,1H3,(H,18,20). The van der Waals surface area contributed by atoms with E-state index in [4.69, 9.17) is 0 Å². The molecule has 0 radical (unpaired) electrons. The van der Waals surface area contributed by atoms with Crippen molar-refractivity contribution >= 4 is 16.8 Å². The molecule has 1 aromatic heterocycles. The van der Waals surface area contributed by atoms with Crippen molar-refractivity contribution in [1.29, 1.82) is 0 Å². The molecule has 1 aliphatic rings. The van der Waals surface area contributed by atoms with E-state index in [0.717, 1.165) is 31.6 Å². The quantitative estimate of drug-likeness (QED) is 0.863. The number of amides is 1. The molecule has 0 spiro atoms. The Morgan fingerprint density at radius 2 is 2.05 bits per heavy atom. The number of benzene rings is 1. The lowest BCUT2D eigenvalue weighted by Crippen LogP contribution is -2.37. The van der Waals surface area contributed by atoms with E-state index in [1.54, 1.807) is 18.2 Å². The molecule has 1 saturated carbocycles. The smallest absolute Gasteiger partial charge is 0.267 e. The van der Waals surface area contributed by atoms with Crippen LogP contribution in [-0.4, -0.2) is 16.9 Å². The molecule has 20 heavy (non-hydrogen) atoms. The van der Waals surface area contributed by atoms with Gasteiger partial charge in [0, 0.05) is 16.9 Å². The highest BCUT2D eigenvalue weighted by atomic mass is 19.1. The van der Waals surface area contributed by atoms with Crippen molar-refractivity contribution in [2.45, 2.75) is 38.6 Å². The number of hydrogen-bond acceptors (Lipinski definition) is 1. The minimum absolute atomic E-state index is 0.139. The zero-order valence-corrected chi connectivity index (χ0v) is 11.6. The number of carbonyl (C=O) groups excluding carboxylic acids is 1. The van der Waals surface area contributed by atoms with Gasteiger partial charge in [0.05, 0.1) is 0 Å². The lowest BCUT2D eigenvalue weighted by molar-refractivity contribution is 0.0919. The van der Waals surface area contributed by atoms with Crippen molar-refractivity contribution in [1.82, 2.24) is 10.3 Å². The Morgan fingerprint density at radius 3 is 2.75 bits per heavy atom. The molecule has 0 aliphatic heterocycles. The van der Waals surface area contributed by atoms with Crippen LogP contribution in [0.15, 0.2) is 24.3 Å². The van der Waals surface area contributed by atoms with Crippen LogP contribution in [0.25, 0.3) is 10.9 Å². The van der Waals surface area contributed by atoms with Gasteiger partial charge in [0.15, 0.2) is 0 Å². The number of nitrogens with one attached hydrogen (secondary N) is 2. The normalized spacial score (nSPS) is 22.9. The lowest BCUT2D eigenvalue weighted by atomic mass is 9.87. The van der Waals surface area contributed by atoms with Crippen LogP contribution in [0.5, 0.6) is 0 Å². The minimum atomic E-state index is -0.302. The van der Waals surface area contributed by atoms with E-state index in [9.17, 15) is 9.18 Å². The summed E-state index contributed by atoms with van der Waals surface area (Å²) < 4.78 is 13.6. The molecule has 1 heterocycles. The second kappa shape index (κ2) is 5.27. The van der Waals surface area contributed by atoms with Gasteiger partial charge in [0.1, 0.15) is 11.5 Å². The molecule has 3 rings (SSSR count). The maximum Gasteiger partial charge on any atom is 0.267 e. The van der Waals surface area contributed by atoms with Crippen LogP contribution in [0.4, 0.5) is 4.39 Å². The predicted octanol–water partition coefficient (Wildman–Crippen LogP) is 3.62. The van der Waals surface area contributed by atoms with E-state index < -0.39 is 0 Å². The Bertz CT molecular complexity index is 626. The van der Waals surface area contributed by atoms with E-state index in [0.29, 0.717) is 16.6 Å². The number of hydrogen-bond donors (Lipinski definition) is 2. The molecule has 2 N–H and O–H groups in total. The SMILES string of the molecule is CC1CCC(NC(=O)c2cc3c(F)cccc3[nH]2)CC1. The fourth-order valence-corrected chi connectivity index (χ4v) is 2.91. The number of aromatic amines is 1. The molecule has 1 amide bonds. The molecule has 3 nitrogen and oxygen atoms in total. The fraction of sp³-hybridized carbons (Fsp3) is 0.438. The number of halogens is 1. The molecule has 0 bridgehead atoms. The lowest BCUT2D eigenvalue weighted by Gasteiger charge is -2.26. The zero-order valence-electron chi connectivity index (χ0n) is 11.6. The topological polar surface area (TPSA) is 44.9 Å². The highest BCUT2D eigenvalue weighted by Gasteiger charge is 2.21. The first kappa shape index (κ1) is 13.2. The largest absolute Gasteiger partial charge is 0.350 e. The average Bonchev–Trinajstić information content (AvgIpc) is 2.87. The Hall–Kier alpha value is -1.84. The summed E-state index contributed by atoms with van der Waals surface area (Å²) in [5.74, 6) is 0.315. The van der Waals surface area contributed by atoms with E-state index >= 15 is 0 Å². The van der Waals surface area contributed by atoms with Crippen LogP contribution in [0.1, 0.15) is 43.1 Å². The van der Waals surface area contributed by atoms with Crippen LogP contribution >= 0.6 is 0 Å². The number of fused-ring (bicyclic) bond motifs is 1. The molecule has 1 fully saturated rings. The molecule has 1 aromatic carbocycles. The summed E-state index contributed by atoms with van der Waals surface area (Å²) in [6, 6.07) is 6.65. The summed E-state index contributed by atoms with van der Waals surface area (Å²) in [5.41, 5.74) is 1.09. The summed E-state index contributed by atoms with van der Waals surface area (Å²) in [6.45, 7) is 2.25. The van der Waals surface area contributed by atoms with E-state index in [-0.39, 0.29) is 17.8 Å². The van der Waals surface area contributed by atoms with Crippen LogP contribution in [0.3, 0.4) is 0 Å². The summed E-state index contributed by atoms with van der Waals surface area (Å²) >= 11 is 0. The predicted molar refractivity (Wildman–Crippen MR) is 77.1 cm³/mol. The molecule has 2 aromatic rings. The van der Waals surface area contributed by atoms with Crippen molar-refractivity contribution < 1.29 is 9.18 Å². The summed E-state index contributed by atoms with van der Waals surface area (Å²) in [7, 11) is 0. The molecular weight excluding hydrogens is 255 g/mol. The number of H-pyrrole nitrogens is 1. The number of carbonyl (C=O) groups is 1. The highest BCUT2D eigenvalue weighted by molar-refractivity contribution is 5.98. The number of rotatable bonds is 2. The van der Waals surface area contributed by atoms with Gasteiger partial charge in [-0.25, -0.2) is 4.39 Å². The highest BCUT2D eigenvalue weighted by Crippen LogP contribution is 2.24. The molecule has 4 heteroatoms. The first-order valence-corrected chi connectivity index (χ1v) is 7.21. The van der Waals surface area contributed by atoms with Gasteiger partial charge in [-0.3, -0.25) is 4.79 Å². The maximum atomic E-state index is 13.6. The average molecular weight is 274 g/mol. The van der Waals surface area contributed by atoms with Gasteiger partial charge in [-0.2, -0.15) is 0 Å². The van der Waals surface area contributed by atoms with Gasteiger partial charge in [0.2, 0.25) is 0 Å². The third-order valence-electron chi connectivity index (χ3n) is 4.21. The van der Waals surface area contributed by atoms with Crippen LogP contribution < -0.4 is 5.32 Å². The third kappa shape index (κ3) is 2.55. The van der Waals surface area contributed by atoms with Gasteiger partial charge in [-0.1, -0.05) is 13.0 Å². The minimum Gasteiger partial charge on any atom is -0.350 e. The Labute approximate surface area is 117 Å². The first-order chi connectivity index (χ1) is 9.63. The van der Waals surface area contributed by atoms with Gasteiger partial charge >= 0.3 is 0 Å². The van der Waals surface area contributed by atoms with Crippen LogP contribution in [0, 0.1) is 11.7 Å². The maximum absolute atomic E-state index is 13.6. The Morgan fingerprint density at radius 1 is 1.30 bits per heavy atom. The second-order valence-corrected chi connectivity index (χ2v) is 5.81. The molecule has 1 aliphatic carbocycles. The number of aromatic nitrogens is 1. The van der Waals surface area contributed by atoms with E-state index in [1.165, 1.54) is 6.07 Å². The monoisotopic (exact) mass is 274 g/mol. The Kier molecular flexibility index (Phi) is 3.47. The van der Waals surface area contributed by atoms with Gasteiger partial charge < -0.3 is 10.3 Å². The summed E-state index contributed by atoms with van der Waals surface area (Å²) in [5, 5.41) is 3.51. The molecule has 0 unspecified atom stereocenters. The van der Waals surface area contributed by atoms with Crippen LogP contribution in [-0.2, 0) is 0 Å². The molecular formula is C16H19FN2O. The molecule has 0 saturated heterocycles. The Balaban J connectivity index is 1.74. The first-order valence-electron chi connectivity index (χ1n) is 7.21. The zero-order chi connectivity index (χ0) is 14.1. The molecule has 106 valence electrons. The van der Waals surface area contributed by atoms with Gasteiger partial charge in [0.25, 0.3) is 5.91 Å². The van der Waals surface area contributed by atoms with E-state index in [1.807, 2.05) is 0 Å². The summed E-state index contributed by atoms with van der Waals surface area (Å²) in [6.07, 6.45) is 4.38. The van der Waals surface area contributed by atoms with E-state index in [2.05, 4.69) is 17.2 Å². The third-order valence-corrected chi connectivity index (χ3v) is 4.21.